The summed E-state index contributed by atoms with van der Waals surface area (Å²) in [7, 11) is 0. The molecule has 0 radical (unpaired) electrons. The highest BCUT2D eigenvalue weighted by Gasteiger charge is 2.55. The molecule has 0 spiro atoms. The van der Waals surface area contributed by atoms with Crippen LogP contribution >= 0.6 is 0 Å². The van der Waals surface area contributed by atoms with Crippen LogP contribution in [0.5, 0.6) is 0 Å². The van der Waals surface area contributed by atoms with Crippen LogP contribution in [0, 0.1) is 0 Å². The van der Waals surface area contributed by atoms with Crippen LogP contribution in [0.4, 0.5) is 0 Å². The second kappa shape index (κ2) is 21.6. The van der Waals surface area contributed by atoms with Crippen molar-refractivity contribution in [3.8, 4) is 0 Å². The molecule has 1 aromatic heterocycles. The van der Waals surface area contributed by atoms with E-state index < -0.39 is 122 Å². The Balaban J connectivity index is 5.44. The van der Waals surface area contributed by atoms with Crippen LogP contribution in [0.15, 0.2) is 128 Å². The van der Waals surface area contributed by atoms with Gasteiger partial charge in [0.15, 0.2) is 19.8 Å². The first-order valence-corrected chi connectivity index (χ1v) is 15.7. The fraction of sp³-hybridized carbons (Fsp3) is 0.167. The fourth-order valence-corrected chi connectivity index (χ4v) is 3.98. The lowest BCUT2D eigenvalue weighted by atomic mass is 10.4. The first-order chi connectivity index (χ1) is 28.2. The highest BCUT2D eigenvalue weighted by Crippen LogP contribution is 2.26. The monoisotopic (exact) mass is 843 g/mol. The standard InChI is InChI=1S/C36H33N3O21/c1-10-22(40)52-19-34(55-25(43)13-4,56-26(44)14-5)37-31(49)38(35(57-27(45)15-6,58-28(46)16-7)20-53-23(41)11-2)33(51)39(32(37)50)36(59-29(47)17-8,60-30(48)18-9)21-54-24(42)12-3/h10-18H,1-9,19-21H2. The third-order valence-corrected chi connectivity index (χ3v) is 6.42. The summed E-state index contributed by atoms with van der Waals surface area (Å²) in [5.41, 5.74) is -7.31. The van der Waals surface area contributed by atoms with Gasteiger partial charge in [-0.15, -0.1) is 0 Å². The number of hydrogen-bond acceptors (Lipinski definition) is 21. The largest absolute Gasteiger partial charge is 0.452 e. The quantitative estimate of drug-likeness (QED) is 0.0498. The minimum absolute atomic E-state index is 0.318. The van der Waals surface area contributed by atoms with Gasteiger partial charge in [0.05, 0.1) is 0 Å². The normalized spacial score (nSPS) is 10.6. The van der Waals surface area contributed by atoms with Crippen molar-refractivity contribution in [1.82, 2.24) is 13.7 Å². The molecule has 1 rings (SSSR count). The Morgan fingerprint density at radius 2 is 0.483 bits per heavy atom. The highest BCUT2D eigenvalue weighted by atomic mass is 16.8. The molecule has 0 aliphatic rings. The summed E-state index contributed by atoms with van der Waals surface area (Å²) in [4.78, 5) is 160. The fourth-order valence-electron chi connectivity index (χ4n) is 3.98. The van der Waals surface area contributed by atoms with Crippen molar-refractivity contribution in [2.24, 2.45) is 0 Å². The summed E-state index contributed by atoms with van der Waals surface area (Å²) >= 11 is 0. The molecule has 24 nitrogen and oxygen atoms in total. The number of esters is 9. The summed E-state index contributed by atoms with van der Waals surface area (Å²) in [6, 6.07) is 0. The molecule has 0 fully saturated rings. The zero-order valence-corrected chi connectivity index (χ0v) is 31.1. The van der Waals surface area contributed by atoms with E-state index in [0.717, 1.165) is 0 Å². The maximum absolute atomic E-state index is 14.9. The molecule has 0 saturated carbocycles. The van der Waals surface area contributed by atoms with Gasteiger partial charge in [-0.2, -0.15) is 13.7 Å². The van der Waals surface area contributed by atoms with Gasteiger partial charge in [0, 0.05) is 54.7 Å². The van der Waals surface area contributed by atoms with Crippen molar-refractivity contribution in [2.45, 2.75) is 17.7 Å². The van der Waals surface area contributed by atoms with Crippen molar-refractivity contribution < 1.29 is 85.8 Å². The SMILES string of the molecule is C=CC(=O)OCC(OC(=O)C=C)(OC(=O)C=C)n1c(=O)n(C(COC(=O)C=C)(OC(=O)C=C)OC(=O)C=C)c(=O)n(C(COC(=O)C=C)(OC(=O)C=C)OC(=O)C=C)c1=O. The summed E-state index contributed by atoms with van der Waals surface area (Å²) < 4.78 is 43.3. The van der Waals surface area contributed by atoms with Crippen molar-refractivity contribution >= 4 is 53.7 Å². The van der Waals surface area contributed by atoms with Crippen LogP contribution in [0.1, 0.15) is 0 Å². The Morgan fingerprint density at radius 3 is 0.617 bits per heavy atom. The molecule has 0 N–H and O–H groups in total. The van der Waals surface area contributed by atoms with E-state index in [9.17, 15) is 57.5 Å². The zero-order valence-electron chi connectivity index (χ0n) is 31.1. The number of carbonyl (C=O) groups is 9. The topological polar surface area (TPSA) is 303 Å². The first-order valence-electron chi connectivity index (χ1n) is 15.7. The molecule has 1 aromatic rings. The predicted molar refractivity (Wildman–Crippen MR) is 194 cm³/mol. The van der Waals surface area contributed by atoms with Crippen molar-refractivity contribution in [3.05, 3.63) is 145 Å². The van der Waals surface area contributed by atoms with Gasteiger partial charge >= 0.3 is 88.5 Å². The molecule has 318 valence electrons. The molecule has 1 heterocycles. The summed E-state index contributed by atoms with van der Waals surface area (Å²) in [5.74, 6) is -26.7. The third-order valence-electron chi connectivity index (χ3n) is 6.42. The van der Waals surface area contributed by atoms with E-state index >= 15 is 0 Å². The molecular weight excluding hydrogens is 810 g/mol. The Bertz CT molecular complexity index is 1910. The van der Waals surface area contributed by atoms with E-state index in [2.05, 4.69) is 59.2 Å². The van der Waals surface area contributed by atoms with Gasteiger partial charge in [-0.05, 0) is 0 Å². The molecule has 0 aromatic carbocycles. The lowest BCUT2D eigenvalue weighted by Gasteiger charge is -2.37. The van der Waals surface area contributed by atoms with Crippen LogP contribution in [0.2, 0.25) is 0 Å². The van der Waals surface area contributed by atoms with Crippen molar-refractivity contribution in [1.29, 1.82) is 0 Å². The van der Waals surface area contributed by atoms with Gasteiger partial charge in [0.2, 0.25) is 0 Å². The molecule has 0 amide bonds. The minimum atomic E-state index is -3.93. The van der Waals surface area contributed by atoms with Crippen molar-refractivity contribution in [2.75, 3.05) is 19.8 Å². The van der Waals surface area contributed by atoms with Gasteiger partial charge < -0.3 is 42.6 Å². The van der Waals surface area contributed by atoms with Crippen molar-refractivity contribution in [3.63, 3.8) is 0 Å². The van der Waals surface area contributed by atoms with Crippen LogP contribution < -0.4 is 17.1 Å². The number of hydrogen-bond donors (Lipinski definition) is 0. The number of rotatable bonds is 24. The van der Waals surface area contributed by atoms with Gasteiger partial charge in [-0.1, -0.05) is 59.2 Å². The Kier molecular flexibility index (Phi) is 17.7. The average molecular weight is 844 g/mol. The molecule has 60 heavy (non-hydrogen) atoms. The lowest BCUT2D eigenvalue weighted by molar-refractivity contribution is -0.302. The highest BCUT2D eigenvalue weighted by molar-refractivity contribution is 5.86. The molecule has 0 saturated heterocycles. The lowest BCUT2D eigenvalue weighted by Crippen LogP contribution is -2.71. The van der Waals surface area contributed by atoms with E-state index in [0.29, 0.717) is 54.7 Å². The smallest absolute Gasteiger partial charge is 0.390 e. The maximum atomic E-state index is 14.9. The zero-order chi connectivity index (χ0) is 46.0. The summed E-state index contributed by atoms with van der Waals surface area (Å²) in [6.45, 7) is 22.7. The third kappa shape index (κ3) is 11.7. The molecule has 0 bridgehead atoms. The van der Waals surface area contributed by atoms with Crippen LogP contribution in [-0.2, 0) is 104 Å². The number of ether oxygens (including phenoxy) is 9. The second-order valence-corrected chi connectivity index (χ2v) is 10.2. The Morgan fingerprint density at radius 1 is 0.333 bits per heavy atom. The molecule has 0 aliphatic heterocycles. The van der Waals surface area contributed by atoms with E-state index in [-0.39, 0.29) is 0 Å². The molecule has 0 unspecified atom stereocenters. The minimum Gasteiger partial charge on any atom is -0.452 e. The van der Waals surface area contributed by atoms with Gasteiger partial charge in [0.25, 0.3) is 0 Å². The number of carbonyl (C=O) groups excluding carboxylic acids is 9. The predicted octanol–water partition coefficient (Wildman–Crippen LogP) is -1.43. The van der Waals surface area contributed by atoms with Crippen LogP contribution in [0.3, 0.4) is 0 Å². The van der Waals surface area contributed by atoms with E-state index in [1.807, 2.05) is 0 Å². The number of aromatic nitrogens is 3. The molecular formula is C36H33N3O21. The van der Waals surface area contributed by atoms with E-state index in [1.165, 1.54) is 0 Å². The molecule has 0 atom stereocenters. The van der Waals surface area contributed by atoms with Gasteiger partial charge in [-0.25, -0.2) is 57.5 Å². The van der Waals surface area contributed by atoms with E-state index in [4.69, 9.17) is 42.6 Å². The Labute approximate surface area is 336 Å². The number of nitrogens with zero attached hydrogens (tertiary/aromatic N) is 3. The summed E-state index contributed by atoms with van der Waals surface area (Å²) in [6.07, 6.45) is 3.29. The average Bonchev–Trinajstić information content (AvgIpc) is 3.22. The Hall–Kier alpha value is -8.70. The first kappa shape index (κ1) is 49.3. The van der Waals surface area contributed by atoms with Crippen LogP contribution in [0.25, 0.3) is 0 Å². The second-order valence-electron chi connectivity index (χ2n) is 10.2. The van der Waals surface area contributed by atoms with Gasteiger partial charge in [0.1, 0.15) is 0 Å². The molecule has 0 aliphatic carbocycles. The maximum Gasteiger partial charge on any atom is 0.390 e. The summed E-state index contributed by atoms with van der Waals surface area (Å²) in [5, 5.41) is 0. The van der Waals surface area contributed by atoms with Crippen LogP contribution in [-0.4, -0.2) is 87.2 Å². The molecule has 24 heteroatoms. The van der Waals surface area contributed by atoms with E-state index in [1.54, 1.807) is 0 Å². The van der Waals surface area contributed by atoms with Gasteiger partial charge in [-0.3, -0.25) is 0 Å².